The molecule has 0 aromatic heterocycles. The summed E-state index contributed by atoms with van der Waals surface area (Å²) < 4.78 is 0. The van der Waals surface area contributed by atoms with Crippen molar-refractivity contribution in [3.63, 3.8) is 0 Å². The van der Waals surface area contributed by atoms with Crippen molar-refractivity contribution in [2.45, 2.75) is 0 Å². The topological polar surface area (TPSA) is 74.6 Å². The Morgan fingerprint density at radius 3 is 1.14 bits per heavy atom. The zero-order chi connectivity index (χ0) is 5.15. The van der Waals surface area contributed by atoms with E-state index in [-0.39, 0.29) is 36.9 Å². The zero-order valence-electron chi connectivity index (χ0n) is 2.99. The number of hydrogen-bond acceptors (Lipinski definition) is 2. The predicted octanol–water partition coefficient (Wildman–Crippen LogP) is -0.844. The maximum atomic E-state index is 9.10. The fourth-order valence-corrected chi connectivity index (χ4v) is 0. The van der Waals surface area contributed by atoms with E-state index < -0.39 is 11.9 Å². The minimum absolute atomic E-state index is 0. The maximum absolute atomic E-state index is 9.10. The van der Waals surface area contributed by atoms with Crippen LogP contribution in [0.15, 0.2) is 0 Å². The van der Waals surface area contributed by atoms with E-state index in [1.807, 2.05) is 0 Å². The van der Waals surface area contributed by atoms with Crippen molar-refractivity contribution in [3.8, 4) is 0 Å². The normalized spacial score (nSPS) is 6.29. The molecule has 2 N–H and O–H groups in total. The molecule has 0 aromatic rings. The van der Waals surface area contributed by atoms with Gasteiger partial charge < -0.3 is 10.2 Å². The molecular formula is C2H2O4Tm. The second kappa shape index (κ2) is 4.34. The Morgan fingerprint density at radius 2 is 1.14 bits per heavy atom. The summed E-state index contributed by atoms with van der Waals surface area (Å²) in [6.45, 7) is 0. The van der Waals surface area contributed by atoms with Crippen molar-refractivity contribution in [3.05, 3.63) is 0 Å². The number of hydrogen-bond donors (Lipinski definition) is 2. The van der Waals surface area contributed by atoms with Crippen LogP contribution in [0.2, 0.25) is 0 Å². The first-order valence-electron chi connectivity index (χ1n) is 1.11. The standard InChI is InChI=1S/C2H2O4.Tm/c3-1(4)2(5)6;/h(H,3,4)(H,5,6);. The number of carboxylic acid groups (broad SMARTS) is 2. The number of rotatable bonds is 0. The van der Waals surface area contributed by atoms with Gasteiger partial charge in [-0.2, -0.15) is 0 Å². The molecule has 0 aliphatic rings. The van der Waals surface area contributed by atoms with E-state index in [1.165, 1.54) is 0 Å². The molecule has 0 aliphatic heterocycles. The van der Waals surface area contributed by atoms with Gasteiger partial charge in [0.2, 0.25) is 0 Å². The molecule has 0 fully saturated rings. The average Bonchev–Trinajstić information content (AvgIpc) is 1.36. The molecule has 0 saturated heterocycles. The maximum Gasteiger partial charge on any atom is 0.414 e. The number of carbonyl (C=O) groups is 2. The van der Waals surface area contributed by atoms with Gasteiger partial charge in [-0.15, -0.1) is 0 Å². The van der Waals surface area contributed by atoms with Gasteiger partial charge in [0.05, 0.1) is 0 Å². The third-order valence-electron chi connectivity index (χ3n) is 0.183. The molecular weight excluding hydrogens is 257 g/mol. The van der Waals surface area contributed by atoms with Crippen LogP contribution in [0.1, 0.15) is 0 Å². The van der Waals surface area contributed by atoms with Crippen LogP contribution in [0.4, 0.5) is 0 Å². The Labute approximate surface area is 68.3 Å². The summed E-state index contributed by atoms with van der Waals surface area (Å²) >= 11 is 0. The molecule has 0 aromatic carbocycles. The van der Waals surface area contributed by atoms with Gasteiger partial charge in [-0.25, -0.2) is 9.59 Å². The molecule has 5 heteroatoms. The van der Waals surface area contributed by atoms with E-state index in [2.05, 4.69) is 0 Å². The summed E-state index contributed by atoms with van der Waals surface area (Å²) in [6.07, 6.45) is 0. The van der Waals surface area contributed by atoms with Gasteiger partial charge in [0.25, 0.3) is 0 Å². The van der Waals surface area contributed by atoms with Gasteiger partial charge in [-0.05, 0) is 0 Å². The molecule has 7 heavy (non-hydrogen) atoms. The minimum Gasteiger partial charge on any atom is -0.473 e. The van der Waals surface area contributed by atoms with Crippen molar-refractivity contribution < 1.29 is 56.7 Å². The van der Waals surface area contributed by atoms with Crippen LogP contribution < -0.4 is 0 Å². The molecule has 0 bridgehead atoms. The van der Waals surface area contributed by atoms with Crippen LogP contribution in [0.25, 0.3) is 0 Å². The zero-order valence-corrected chi connectivity index (χ0v) is 4.77. The fraction of sp³-hybridized carbons (Fsp3) is 0. The van der Waals surface area contributed by atoms with Crippen LogP contribution in [0.3, 0.4) is 0 Å². The number of carboxylic acids is 2. The van der Waals surface area contributed by atoms with Crippen LogP contribution in [0.5, 0.6) is 0 Å². The van der Waals surface area contributed by atoms with Crippen LogP contribution in [-0.4, -0.2) is 22.2 Å². The van der Waals surface area contributed by atoms with Crippen LogP contribution >= 0.6 is 0 Å². The molecule has 47 valence electrons. The van der Waals surface area contributed by atoms with Crippen LogP contribution in [0, 0.1) is 36.9 Å². The smallest absolute Gasteiger partial charge is 0.414 e. The predicted molar refractivity (Wildman–Crippen MR) is 15.3 cm³/mol. The Balaban J connectivity index is 0. The Kier molecular flexibility index (Phi) is 6.33. The van der Waals surface area contributed by atoms with Crippen molar-refractivity contribution in [1.82, 2.24) is 0 Å². The van der Waals surface area contributed by atoms with Gasteiger partial charge in [0, 0.05) is 36.9 Å². The second-order valence-electron chi connectivity index (χ2n) is 0.610. The van der Waals surface area contributed by atoms with Gasteiger partial charge in [0.1, 0.15) is 0 Å². The van der Waals surface area contributed by atoms with Crippen LogP contribution in [-0.2, 0) is 9.59 Å². The molecule has 0 atom stereocenters. The van der Waals surface area contributed by atoms with Crippen molar-refractivity contribution >= 4 is 11.9 Å². The molecule has 0 unspecified atom stereocenters. The van der Waals surface area contributed by atoms with Gasteiger partial charge in [0.15, 0.2) is 0 Å². The number of aliphatic carboxylic acids is 2. The van der Waals surface area contributed by atoms with Crippen molar-refractivity contribution in [2.75, 3.05) is 0 Å². The molecule has 0 aliphatic carbocycles. The molecule has 1 radical (unpaired) electrons. The summed E-state index contributed by atoms with van der Waals surface area (Å²) in [5.41, 5.74) is 0. The van der Waals surface area contributed by atoms with E-state index in [0.29, 0.717) is 0 Å². The van der Waals surface area contributed by atoms with Crippen molar-refractivity contribution in [2.24, 2.45) is 0 Å². The van der Waals surface area contributed by atoms with E-state index in [0.717, 1.165) is 0 Å². The molecule has 4 nitrogen and oxygen atoms in total. The Hall–Kier alpha value is 0.174. The van der Waals surface area contributed by atoms with E-state index in [1.54, 1.807) is 0 Å². The fourth-order valence-electron chi connectivity index (χ4n) is 0. The van der Waals surface area contributed by atoms with Gasteiger partial charge >= 0.3 is 11.9 Å². The van der Waals surface area contributed by atoms with E-state index in [9.17, 15) is 0 Å². The average molecular weight is 259 g/mol. The monoisotopic (exact) mass is 259 g/mol. The third-order valence-corrected chi connectivity index (χ3v) is 0.183. The van der Waals surface area contributed by atoms with Crippen molar-refractivity contribution in [1.29, 1.82) is 0 Å². The summed E-state index contributed by atoms with van der Waals surface area (Å²) in [6, 6.07) is 0. The molecule has 0 amide bonds. The molecule has 0 saturated carbocycles. The Bertz CT molecular complexity index is 75.7. The first kappa shape index (κ1) is 10.2. The molecule has 0 spiro atoms. The van der Waals surface area contributed by atoms with Gasteiger partial charge in [-0.3, -0.25) is 0 Å². The Morgan fingerprint density at radius 1 is 1.00 bits per heavy atom. The van der Waals surface area contributed by atoms with E-state index in [4.69, 9.17) is 19.8 Å². The second-order valence-corrected chi connectivity index (χ2v) is 0.610. The first-order valence-corrected chi connectivity index (χ1v) is 1.11. The SMILES string of the molecule is O=C(O)C(=O)O.[Tm]. The summed E-state index contributed by atoms with van der Waals surface area (Å²) in [4.78, 5) is 18.2. The summed E-state index contributed by atoms with van der Waals surface area (Å²) in [7, 11) is 0. The molecule has 0 rings (SSSR count). The summed E-state index contributed by atoms with van der Waals surface area (Å²) in [5.74, 6) is -3.65. The first-order chi connectivity index (χ1) is 2.64. The minimum atomic E-state index is -1.82. The largest absolute Gasteiger partial charge is 0.473 e. The quantitative estimate of drug-likeness (QED) is 0.556. The third kappa shape index (κ3) is 6.17. The molecule has 0 heterocycles. The summed E-state index contributed by atoms with van der Waals surface area (Å²) in [5, 5.41) is 14.8. The van der Waals surface area contributed by atoms with Gasteiger partial charge in [-0.1, -0.05) is 0 Å². The van der Waals surface area contributed by atoms with E-state index >= 15 is 0 Å².